The molecule has 4 rings (SSSR count). The van der Waals surface area contributed by atoms with E-state index in [9.17, 15) is 4.79 Å². The number of nitrogens with zero attached hydrogens (tertiary/aromatic N) is 1. The Hall–Kier alpha value is -3.52. The zero-order valence-corrected chi connectivity index (χ0v) is 18.2. The molecule has 0 unspecified atom stereocenters. The van der Waals surface area contributed by atoms with E-state index in [4.69, 9.17) is 18.9 Å². The first-order chi connectivity index (χ1) is 15.7. The second-order valence-corrected chi connectivity index (χ2v) is 7.47. The van der Waals surface area contributed by atoms with Gasteiger partial charge in [0.1, 0.15) is 11.4 Å². The van der Waals surface area contributed by atoms with E-state index in [2.05, 4.69) is 15.5 Å². The Balaban J connectivity index is 1.62. The molecule has 0 aliphatic carbocycles. The van der Waals surface area contributed by atoms with Crippen molar-refractivity contribution in [3.8, 4) is 28.5 Å². The van der Waals surface area contributed by atoms with E-state index in [-0.39, 0.29) is 18.4 Å². The lowest BCUT2D eigenvalue weighted by Crippen LogP contribution is -2.22. The predicted molar refractivity (Wildman–Crippen MR) is 120 cm³/mol. The summed E-state index contributed by atoms with van der Waals surface area (Å²) in [5, 5.41) is 10.7. The number of nitrogens with one attached hydrogen (secondary N) is 2. The molecule has 2 N–H and O–H groups in total. The molecule has 0 saturated carbocycles. The zero-order valence-electron chi connectivity index (χ0n) is 18.2. The van der Waals surface area contributed by atoms with Crippen LogP contribution in [0.2, 0.25) is 0 Å². The van der Waals surface area contributed by atoms with Crippen LogP contribution in [0.1, 0.15) is 24.5 Å². The predicted octanol–water partition coefficient (Wildman–Crippen LogP) is 4.01. The van der Waals surface area contributed by atoms with Gasteiger partial charge in [0, 0.05) is 24.7 Å². The number of anilines is 1. The summed E-state index contributed by atoms with van der Waals surface area (Å²) >= 11 is 0. The van der Waals surface area contributed by atoms with Crippen LogP contribution in [0.5, 0.6) is 17.2 Å². The summed E-state index contributed by atoms with van der Waals surface area (Å²) in [5.74, 6) is 1.81. The standard InChI is InChI=1S/C24H27N3O5/c1-29-19-9-8-17(14-20(19)30-2)23-24(22(26-27-23)16-10-12-31-13-11-16)25-21(28)15-32-18-6-4-3-5-7-18/h3-9,14,16H,10-13,15H2,1-2H3,(H,25,28)(H,26,27). The van der Waals surface area contributed by atoms with Crippen LogP contribution < -0.4 is 19.5 Å². The first-order valence-corrected chi connectivity index (χ1v) is 10.6. The fourth-order valence-electron chi connectivity index (χ4n) is 3.80. The van der Waals surface area contributed by atoms with Crippen LogP contribution in [0.3, 0.4) is 0 Å². The molecule has 3 aromatic rings. The number of carbonyl (C=O) groups is 1. The number of amides is 1. The molecule has 0 atom stereocenters. The van der Waals surface area contributed by atoms with Crippen molar-refractivity contribution in [2.75, 3.05) is 39.4 Å². The van der Waals surface area contributed by atoms with Gasteiger partial charge in [-0.25, -0.2) is 0 Å². The highest BCUT2D eigenvalue weighted by Crippen LogP contribution is 2.39. The molecule has 1 saturated heterocycles. The van der Waals surface area contributed by atoms with Crippen molar-refractivity contribution in [1.82, 2.24) is 10.2 Å². The molecule has 8 heteroatoms. The quantitative estimate of drug-likeness (QED) is 0.553. The number of para-hydroxylation sites is 1. The van der Waals surface area contributed by atoms with E-state index in [0.717, 1.165) is 24.1 Å². The number of carbonyl (C=O) groups excluding carboxylic acids is 1. The van der Waals surface area contributed by atoms with Gasteiger partial charge in [0.15, 0.2) is 18.1 Å². The fourth-order valence-corrected chi connectivity index (χ4v) is 3.80. The van der Waals surface area contributed by atoms with Gasteiger partial charge in [-0.1, -0.05) is 18.2 Å². The summed E-state index contributed by atoms with van der Waals surface area (Å²) in [7, 11) is 3.18. The van der Waals surface area contributed by atoms with Crippen molar-refractivity contribution in [2.45, 2.75) is 18.8 Å². The summed E-state index contributed by atoms with van der Waals surface area (Å²) in [4.78, 5) is 12.8. The highest BCUT2D eigenvalue weighted by atomic mass is 16.5. The molecule has 0 spiro atoms. The van der Waals surface area contributed by atoms with Gasteiger partial charge in [-0.15, -0.1) is 0 Å². The second-order valence-electron chi connectivity index (χ2n) is 7.47. The van der Waals surface area contributed by atoms with Gasteiger partial charge in [-0.3, -0.25) is 9.89 Å². The van der Waals surface area contributed by atoms with Gasteiger partial charge in [-0.05, 0) is 43.2 Å². The smallest absolute Gasteiger partial charge is 0.262 e. The monoisotopic (exact) mass is 437 g/mol. The van der Waals surface area contributed by atoms with Crippen molar-refractivity contribution >= 4 is 11.6 Å². The molecule has 168 valence electrons. The largest absolute Gasteiger partial charge is 0.493 e. The molecule has 1 aliphatic heterocycles. The maximum absolute atomic E-state index is 12.8. The van der Waals surface area contributed by atoms with Gasteiger partial charge in [0.05, 0.1) is 25.6 Å². The van der Waals surface area contributed by atoms with Gasteiger partial charge in [0.25, 0.3) is 5.91 Å². The number of rotatable bonds is 8. The molecule has 1 aliphatic rings. The van der Waals surface area contributed by atoms with Crippen molar-refractivity contribution in [2.24, 2.45) is 0 Å². The molecule has 32 heavy (non-hydrogen) atoms. The SMILES string of the molecule is COc1ccc(-c2n[nH]c(C3CCOCC3)c2NC(=O)COc2ccccc2)cc1OC. The van der Waals surface area contributed by atoms with Gasteiger partial charge < -0.3 is 24.3 Å². The van der Waals surface area contributed by atoms with Crippen molar-refractivity contribution < 1.29 is 23.7 Å². The number of methoxy groups -OCH3 is 2. The lowest BCUT2D eigenvalue weighted by molar-refractivity contribution is -0.118. The third-order valence-electron chi connectivity index (χ3n) is 5.46. The highest BCUT2D eigenvalue weighted by Gasteiger charge is 2.26. The highest BCUT2D eigenvalue weighted by molar-refractivity contribution is 5.96. The molecule has 1 fully saturated rings. The summed E-state index contributed by atoms with van der Waals surface area (Å²) in [6.07, 6.45) is 1.72. The minimum atomic E-state index is -0.259. The minimum Gasteiger partial charge on any atom is -0.493 e. The molecular weight excluding hydrogens is 410 g/mol. The Kier molecular flexibility index (Phi) is 6.91. The Bertz CT molecular complexity index is 1050. The third kappa shape index (κ3) is 4.86. The van der Waals surface area contributed by atoms with Gasteiger partial charge in [0.2, 0.25) is 0 Å². The topological polar surface area (TPSA) is 94.7 Å². The Morgan fingerprint density at radius 2 is 1.84 bits per heavy atom. The molecule has 2 heterocycles. The number of benzene rings is 2. The lowest BCUT2D eigenvalue weighted by atomic mass is 9.94. The number of hydrogen-bond donors (Lipinski definition) is 2. The van der Waals surface area contributed by atoms with E-state index in [1.54, 1.807) is 14.2 Å². The first kappa shape index (κ1) is 21.7. The van der Waals surface area contributed by atoms with Crippen LogP contribution in [0.15, 0.2) is 48.5 Å². The molecule has 2 aromatic carbocycles. The van der Waals surface area contributed by atoms with Gasteiger partial charge in [-0.2, -0.15) is 5.10 Å². The summed E-state index contributed by atoms with van der Waals surface area (Å²) in [6.45, 7) is 1.26. The molecule has 0 radical (unpaired) electrons. The second kappa shape index (κ2) is 10.2. The van der Waals surface area contributed by atoms with Crippen molar-refractivity contribution in [1.29, 1.82) is 0 Å². The molecule has 8 nitrogen and oxygen atoms in total. The number of ether oxygens (including phenoxy) is 4. The van der Waals surface area contributed by atoms with Crippen LogP contribution in [-0.4, -0.2) is 50.1 Å². The molecule has 1 amide bonds. The van der Waals surface area contributed by atoms with E-state index < -0.39 is 0 Å². The fraction of sp³-hybridized carbons (Fsp3) is 0.333. The van der Waals surface area contributed by atoms with E-state index in [1.165, 1.54) is 0 Å². The third-order valence-corrected chi connectivity index (χ3v) is 5.46. The summed E-state index contributed by atoms with van der Waals surface area (Å²) in [5.41, 5.74) is 2.99. The van der Waals surface area contributed by atoms with E-state index >= 15 is 0 Å². The van der Waals surface area contributed by atoms with Crippen molar-refractivity contribution in [3.63, 3.8) is 0 Å². The zero-order chi connectivity index (χ0) is 22.3. The average molecular weight is 437 g/mol. The maximum Gasteiger partial charge on any atom is 0.262 e. The minimum absolute atomic E-state index is 0.103. The molecular formula is C24H27N3O5. The normalized spacial score (nSPS) is 14.1. The molecule has 1 aromatic heterocycles. The van der Waals surface area contributed by atoms with Crippen LogP contribution >= 0.6 is 0 Å². The average Bonchev–Trinajstić information content (AvgIpc) is 3.26. The Morgan fingerprint density at radius 3 is 2.56 bits per heavy atom. The number of aromatic nitrogens is 2. The Labute approximate surface area is 186 Å². The van der Waals surface area contributed by atoms with Crippen LogP contribution in [0.4, 0.5) is 5.69 Å². The van der Waals surface area contributed by atoms with Gasteiger partial charge >= 0.3 is 0 Å². The van der Waals surface area contributed by atoms with E-state index in [1.807, 2.05) is 48.5 Å². The van der Waals surface area contributed by atoms with Crippen molar-refractivity contribution in [3.05, 3.63) is 54.2 Å². The maximum atomic E-state index is 12.8. The summed E-state index contributed by atoms with van der Waals surface area (Å²) < 4.78 is 21.9. The Morgan fingerprint density at radius 1 is 1.09 bits per heavy atom. The van der Waals surface area contributed by atoms with Crippen LogP contribution in [-0.2, 0) is 9.53 Å². The molecule has 0 bridgehead atoms. The number of hydrogen-bond acceptors (Lipinski definition) is 6. The van der Waals surface area contributed by atoms with E-state index in [0.29, 0.717) is 41.8 Å². The summed E-state index contributed by atoms with van der Waals surface area (Å²) in [6, 6.07) is 14.8. The van der Waals surface area contributed by atoms with Crippen LogP contribution in [0.25, 0.3) is 11.3 Å². The first-order valence-electron chi connectivity index (χ1n) is 10.6. The lowest BCUT2D eigenvalue weighted by Gasteiger charge is -2.22. The van der Waals surface area contributed by atoms with Crippen LogP contribution in [0, 0.1) is 0 Å². The number of H-pyrrole nitrogens is 1. The number of aromatic amines is 1.